The second kappa shape index (κ2) is 4.40. The summed E-state index contributed by atoms with van der Waals surface area (Å²) < 4.78 is 5.31. The summed E-state index contributed by atoms with van der Waals surface area (Å²) in [5, 5.41) is 9.65. The van der Waals surface area contributed by atoms with Crippen LogP contribution in [0, 0.1) is 0 Å². The molecule has 0 radical (unpaired) electrons. The molecule has 0 amide bonds. The predicted octanol–water partition coefficient (Wildman–Crippen LogP) is 0.868. The smallest absolute Gasteiger partial charge is 0.0718 e. The lowest BCUT2D eigenvalue weighted by Gasteiger charge is -2.35. The van der Waals surface area contributed by atoms with Crippen molar-refractivity contribution < 1.29 is 9.84 Å². The second-order valence-corrected chi connectivity index (χ2v) is 4.55. The number of β-amino-alcohol motifs (C(OH)–C–C–N with tert-alkyl or cyclic N) is 1. The maximum absolute atomic E-state index is 9.65. The molecular weight excluding hydrogens is 166 g/mol. The number of aliphatic hydroxyl groups is 1. The first-order valence-corrected chi connectivity index (χ1v) is 4.99. The van der Waals surface area contributed by atoms with Crippen LogP contribution < -0.4 is 0 Å². The van der Waals surface area contributed by atoms with Crippen LogP contribution in [-0.2, 0) is 4.74 Å². The Balaban J connectivity index is 2.34. The van der Waals surface area contributed by atoms with E-state index in [1.165, 1.54) is 6.42 Å². The van der Waals surface area contributed by atoms with Gasteiger partial charge < -0.3 is 9.84 Å². The highest BCUT2D eigenvalue weighted by Crippen LogP contribution is 2.15. The predicted molar refractivity (Wildman–Crippen MR) is 52.8 cm³/mol. The Morgan fingerprint density at radius 3 is 2.77 bits per heavy atom. The van der Waals surface area contributed by atoms with Crippen molar-refractivity contribution in [2.24, 2.45) is 0 Å². The minimum absolute atomic E-state index is 0.357. The molecule has 1 aliphatic rings. The molecule has 1 aliphatic heterocycles. The summed E-state index contributed by atoms with van der Waals surface area (Å²) in [7, 11) is 1.76. The lowest BCUT2D eigenvalue weighted by molar-refractivity contribution is -0.0124. The largest absolute Gasteiger partial charge is 0.389 e. The van der Waals surface area contributed by atoms with Crippen LogP contribution in [0.15, 0.2) is 0 Å². The van der Waals surface area contributed by atoms with Crippen molar-refractivity contribution in [3.05, 3.63) is 0 Å². The van der Waals surface area contributed by atoms with E-state index >= 15 is 0 Å². The first kappa shape index (κ1) is 11.0. The van der Waals surface area contributed by atoms with E-state index in [1.54, 1.807) is 7.11 Å². The van der Waals surface area contributed by atoms with Crippen LogP contribution in [0.5, 0.6) is 0 Å². The monoisotopic (exact) mass is 187 g/mol. The highest BCUT2D eigenvalue weighted by atomic mass is 16.5. The van der Waals surface area contributed by atoms with E-state index < -0.39 is 5.60 Å². The molecule has 1 heterocycles. The fourth-order valence-electron chi connectivity index (χ4n) is 1.90. The van der Waals surface area contributed by atoms with Gasteiger partial charge in [-0.2, -0.15) is 0 Å². The fraction of sp³-hybridized carbons (Fsp3) is 1.00. The zero-order chi connectivity index (χ0) is 9.90. The Morgan fingerprint density at radius 1 is 1.54 bits per heavy atom. The summed E-state index contributed by atoms with van der Waals surface area (Å²) in [4.78, 5) is 2.28. The summed E-state index contributed by atoms with van der Waals surface area (Å²) in [5.74, 6) is 0. The molecule has 0 bridgehead atoms. The first-order valence-electron chi connectivity index (χ1n) is 4.99. The van der Waals surface area contributed by atoms with Crippen molar-refractivity contribution in [1.82, 2.24) is 4.90 Å². The second-order valence-electron chi connectivity index (χ2n) is 4.55. The minimum atomic E-state index is -0.588. The molecule has 1 rings (SSSR count). The Labute approximate surface area is 80.7 Å². The van der Waals surface area contributed by atoms with Gasteiger partial charge in [0.2, 0.25) is 0 Å². The van der Waals surface area contributed by atoms with E-state index in [0.29, 0.717) is 6.10 Å². The lowest BCUT2D eigenvalue weighted by Crippen LogP contribution is -2.46. The molecule has 0 spiro atoms. The summed E-state index contributed by atoms with van der Waals surface area (Å²) in [6.07, 6.45) is 2.68. The standard InChI is InChI=1S/C10H21NO2/c1-10(2,12)8-11-6-4-5-9(7-11)13-3/h9,12H,4-8H2,1-3H3. The van der Waals surface area contributed by atoms with Crippen LogP contribution in [0.4, 0.5) is 0 Å². The summed E-state index contributed by atoms with van der Waals surface area (Å²) in [5.41, 5.74) is -0.588. The third kappa shape index (κ3) is 4.07. The third-order valence-corrected chi connectivity index (χ3v) is 2.41. The van der Waals surface area contributed by atoms with E-state index in [4.69, 9.17) is 4.74 Å². The molecule has 0 aliphatic carbocycles. The van der Waals surface area contributed by atoms with Gasteiger partial charge in [0.05, 0.1) is 11.7 Å². The molecule has 3 nitrogen and oxygen atoms in total. The molecule has 1 fully saturated rings. The molecule has 78 valence electrons. The molecule has 0 aromatic rings. The van der Waals surface area contributed by atoms with Crippen molar-refractivity contribution in [2.75, 3.05) is 26.7 Å². The fourth-order valence-corrected chi connectivity index (χ4v) is 1.90. The van der Waals surface area contributed by atoms with Gasteiger partial charge in [-0.3, -0.25) is 4.90 Å². The Hall–Kier alpha value is -0.120. The van der Waals surface area contributed by atoms with Crippen LogP contribution >= 0.6 is 0 Å². The van der Waals surface area contributed by atoms with E-state index in [1.807, 2.05) is 13.8 Å². The number of ether oxygens (including phenoxy) is 1. The number of nitrogens with zero attached hydrogens (tertiary/aromatic N) is 1. The molecule has 3 heteroatoms. The van der Waals surface area contributed by atoms with E-state index in [-0.39, 0.29) is 0 Å². The zero-order valence-electron chi connectivity index (χ0n) is 8.92. The van der Waals surface area contributed by atoms with Gasteiger partial charge >= 0.3 is 0 Å². The van der Waals surface area contributed by atoms with Crippen molar-refractivity contribution >= 4 is 0 Å². The van der Waals surface area contributed by atoms with Crippen LogP contribution in [0.25, 0.3) is 0 Å². The SMILES string of the molecule is COC1CCCN(CC(C)(C)O)C1. The zero-order valence-corrected chi connectivity index (χ0v) is 8.92. The number of piperidine rings is 1. The lowest BCUT2D eigenvalue weighted by atomic mass is 10.0. The molecule has 0 aromatic heterocycles. The normalized spacial score (nSPS) is 26.3. The summed E-state index contributed by atoms with van der Waals surface area (Å²) >= 11 is 0. The molecule has 1 saturated heterocycles. The molecule has 1 unspecified atom stereocenters. The topological polar surface area (TPSA) is 32.7 Å². The average Bonchev–Trinajstić information content (AvgIpc) is 2.01. The van der Waals surface area contributed by atoms with E-state index in [2.05, 4.69) is 4.90 Å². The average molecular weight is 187 g/mol. The Bertz CT molecular complexity index is 153. The van der Waals surface area contributed by atoms with Crippen molar-refractivity contribution in [1.29, 1.82) is 0 Å². The number of methoxy groups -OCH3 is 1. The minimum Gasteiger partial charge on any atom is -0.389 e. The van der Waals surface area contributed by atoms with Gasteiger partial charge in [0, 0.05) is 20.2 Å². The molecule has 1 N–H and O–H groups in total. The number of rotatable bonds is 3. The van der Waals surface area contributed by atoms with Crippen molar-refractivity contribution in [3.63, 3.8) is 0 Å². The Kier molecular flexibility index (Phi) is 3.71. The number of hydrogen-bond donors (Lipinski definition) is 1. The number of hydrogen-bond acceptors (Lipinski definition) is 3. The van der Waals surface area contributed by atoms with Gasteiger partial charge in [-0.05, 0) is 33.2 Å². The van der Waals surface area contributed by atoms with E-state index in [0.717, 1.165) is 26.1 Å². The van der Waals surface area contributed by atoms with Gasteiger partial charge in [0.1, 0.15) is 0 Å². The van der Waals surface area contributed by atoms with Gasteiger partial charge in [-0.15, -0.1) is 0 Å². The molecular formula is C10H21NO2. The van der Waals surface area contributed by atoms with Gasteiger partial charge in [-0.1, -0.05) is 0 Å². The Morgan fingerprint density at radius 2 is 2.23 bits per heavy atom. The van der Waals surface area contributed by atoms with Crippen molar-refractivity contribution in [2.45, 2.75) is 38.4 Å². The van der Waals surface area contributed by atoms with Crippen molar-refractivity contribution in [3.8, 4) is 0 Å². The van der Waals surface area contributed by atoms with Gasteiger partial charge in [0.15, 0.2) is 0 Å². The summed E-state index contributed by atoms with van der Waals surface area (Å²) in [6, 6.07) is 0. The maximum atomic E-state index is 9.65. The molecule has 0 aromatic carbocycles. The van der Waals surface area contributed by atoms with Gasteiger partial charge in [-0.25, -0.2) is 0 Å². The highest BCUT2D eigenvalue weighted by Gasteiger charge is 2.24. The first-order chi connectivity index (χ1) is 6.01. The molecule has 13 heavy (non-hydrogen) atoms. The van der Waals surface area contributed by atoms with Crippen LogP contribution in [0.1, 0.15) is 26.7 Å². The summed E-state index contributed by atoms with van der Waals surface area (Å²) in [6.45, 7) is 6.49. The highest BCUT2D eigenvalue weighted by molar-refractivity contribution is 4.78. The maximum Gasteiger partial charge on any atom is 0.0718 e. The number of likely N-dealkylation sites (tertiary alicyclic amines) is 1. The quantitative estimate of drug-likeness (QED) is 0.711. The third-order valence-electron chi connectivity index (χ3n) is 2.41. The molecule has 1 atom stereocenters. The van der Waals surface area contributed by atoms with E-state index in [9.17, 15) is 5.11 Å². The molecule has 0 saturated carbocycles. The van der Waals surface area contributed by atoms with Crippen LogP contribution in [0.2, 0.25) is 0 Å². The van der Waals surface area contributed by atoms with Crippen LogP contribution in [-0.4, -0.2) is 48.5 Å². The van der Waals surface area contributed by atoms with Crippen LogP contribution in [0.3, 0.4) is 0 Å². The van der Waals surface area contributed by atoms with Gasteiger partial charge in [0.25, 0.3) is 0 Å².